The van der Waals surface area contributed by atoms with E-state index in [1.54, 1.807) is 6.08 Å². The van der Waals surface area contributed by atoms with Crippen molar-refractivity contribution in [1.29, 1.82) is 5.26 Å². The van der Waals surface area contributed by atoms with Crippen molar-refractivity contribution in [2.75, 3.05) is 0 Å². The zero-order chi connectivity index (χ0) is 10.4. The molecule has 1 nitrogen and oxygen atoms in total. The summed E-state index contributed by atoms with van der Waals surface area (Å²) in [5, 5.41) is 8.46. The van der Waals surface area contributed by atoms with E-state index in [0.29, 0.717) is 6.42 Å². The van der Waals surface area contributed by atoms with Gasteiger partial charge in [-0.15, -0.1) is 0 Å². The van der Waals surface area contributed by atoms with Gasteiger partial charge in [0.15, 0.2) is 0 Å². The normalized spacial score (nSPS) is 9.07. The second kappa shape index (κ2) is 5.04. The lowest BCUT2D eigenvalue weighted by Gasteiger charge is -2.04. The van der Waals surface area contributed by atoms with Gasteiger partial charge < -0.3 is 0 Å². The predicted molar refractivity (Wildman–Crippen MR) is 60.4 cm³/mol. The predicted octanol–water partition coefficient (Wildman–Crippen LogP) is 3.65. The summed E-state index contributed by atoms with van der Waals surface area (Å²) in [4.78, 5) is 0. The summed E-state index contributed by atoms with van der Waals surface area (Å²) < 4.78 is 0. The molecular formula is C13H13N. The van der Waals surface area contributed by atoms with Crippen molar-refractivity contribution in [3.8, 4) is 6.07 Å². The molecule has 0 N–H and O–H groups in total. The molecule has 0 radical (unpaired) electrons. The van der Waals surface area contributed by atoms with Gasteiger partial charge in [-0.1, -0.05) is 37.4 Å². The summed E-state index contributed by atoms with van der Waals surface area (Å²) in [6, 6.07) is 10.1. The Morgan fingerprint density at radius 2 is 2.29 bits per heavy atom. The van der Waals surface area contributed by atoms with Crippen molar-refractivity contribution >= 4 is 11.6 Å². The van der Waals surface area contributed by atoms with E-state index >= 15 is 0 Å². The van der Waals surface area contributed by atoms with Crippen LogP contribution in [0.15, 0.2) is 37.4 Å². The molecule has 0 saturated carbocycles. The van der Waals surface area contributed by atoms with E-state index < -0.39 is 0 Å². The van der Waals surface area contributed by atoms with Crippen molar-refractivity contribution < 1.29 is 0 Å². The zero-order valence-electron chi connectivity index (χ0n) is 8.16. The van der Waals surface area contributed by atoms with Gasteiger partial charge in [0.25, 0.3) is 0 Å². The van der Waals surface area contributed by atoms with Gasteiger partial charge in [-0.2, -0.15) is 5.26 Å². The monoisotopic (exact) mass is 183 g/mol. The van der Waals surface area contributed by atoms with Crippen LogP contribution in [0.4, 0.5) is 0 Å². The zero-order valence-corrected chi connectivity index (χ0v) is 8.16. The highest BCUT2D eigenvalue weighted by Crippen LogP contribution is 2.18. The maximum absolute atomic E-state index is 8.46. The third-order valence-electron chi connectivity index (χ3n) is 2.07. The first-order chi connectivity index (χ1) is 6.77. The molecule has 0 unspecified atom stereocenters. The molecule has 0 saturated heterocycles. The van der Waals surface area contributed by atoms with Crippen LogP contribution < -0.4 is 0 Å². The molecule has 1 rings (SSSR count). The lowest BCUT2D eigenvalue weighted by molar-refractivity contribution is 1.08. The smallest absolute Gasteiger partial charge is 0.0625 e. The van der Waals surface area contributed by atoms with E-state index in [-0.39, 0.29) is 0 Å². The number of nitrogens with zero attached hydrogens (tertiary/aromatic N) is 1. The van der Waals surface area contributed by atoms with Gasteiger partial charge in [-0.05, 0) is 29.2 Å². The number of nitriles is 1. The highest BCUT2D eigenvalue weighted by atomic mass is 14.2. The molecule has 70 valence electrons. The molecule has 0 spiro atoms. The Balaban J connectivity index is 2.80. The lowest BCUT2D eigenvalue weighted by Crippen LogP contribution is -1.83. The number of allylic oxidation sites excluding steroid dienone is 1. The molecule has 14 heavy (non-hydrogen) atoms. The third-order valence-corrected chi connectivity index (χ3v) is 2.07. The average molecular weight is 183 g/mol. The van der Waals surface area contributed by atoms with E-state index in [0.717, 1.165) is 23.1 Å². The Labute approximate surface area is 85.0 Å². The summed E-state index contributed by atoms with van der Waals surface area (Å²) in [6.07, 6.45) is 3.06. The molecule has 0 fully saturated rings. The highest BCUT2D eigenvalue weighted by molar-refractivity contribution is 5.66. The maximum Gasteiger partial charge on any atom is 0.0625 e. The molecule has 1 heteroatoms. The number of hydrogen-bond acceptors (Lipinski definition) is 1. The van der Waals surface area contributed by atoms with Crippen LogP contribution in [0.5, 0.6) is 0 Å². The van der Waals surface area contributed by atoms with Crippen LogP contribution in [0.25, 0.3) is 11.6 Å². The van der Waals surface area contributed by atoms with Gasteiger partial charge in [0, 0.05) is 6.42 Å². The van der Waals surface area contributed by atoms with E-state index in [9.17, 15) is 0 Å². The molecule has 0 aliphatic heterocycles. The van der Waals surface area contributed by atoms with Crippen molar-refractivity contribution in [2.24, 2.45) is 0 Å². The van der Waals surface area contributed by atoms with Crippen LogP contribution in [0.1, 0.15) is 24.0 Å². The molecule has 1 aromatic carbocycles. The molecule has 1 aromatic rings. The average Bonchev–Trinajstić information content (AvgIpc) is 2.26. The minimum absolute atomic E-state index is 0.525. The molecule has 0 aliphatic rings. The van der Waals surface area contributed by atoms with Crippen molar-refractivity contribution in [1.82, 2.24) is 0 Å². The van der Waals surface area contributed by atoms with Crippen molar-refractivity contribution in [3.63, 3.8) is 0 Å². The fourth-order valence-electron chi connectivity index (χ4n) is 1.24. The van der Waals surface area contributed by atoms with Gasteiger partial charge in [-0.3, -0.25) is 0 Å². The maximum atomic E-state index is 8.46. The SMILES string of the molecule is C=Cc1cccc(C(=C)CCC#N)c1. The van der Waals surface area contributed by atoms with E-state index in [4.69, 9.17) is 5.26 Å². The van der Waals surface area contributed by atoms with E-state index in [1.807, 2.05) is 24.3 Å². The first-order valence-corrected chi connectivity index (χ1v) is 4.55. The van der Waals surface area contributed by atoms with Crippen LogP contribution in [0.3, 0.4) is 0 Å². The lowest BCUT2D eigenvalue weighted by atomic mass is 10.0. The second-order valence-corrected chi connectivity index (χ2v) is 3.09. The topological polar surface area (TPSA) is 23.8 Å². The van der Waals surface area contributed by atoms with Crippen molar-refractivity contribution in [2.45, 2.75) is 12.8 Å². The van der Waals surface area contributed by atoms with Gasteiger partial charge in [-0.25, -0.2) is 0 Å². The minimum atomic E-state index is 0.525. The van der Waals surface area contributed by atoms with Crippen LogP contribution in [0.2, 0.25) is 0 Å². The molecule has 0 heterocycles. The highest BCUT2D eigenvalue weighted by Gasteiger charge is 1.98. The Morgan fingerprint density at radius 3 is 2.93 bits per heavy atom. The molecule has 0 atom stereocenters. The molecule has 0 bridgehead atoms. The summed E-state index contributed by atoms with van der Waals surface area (Å²) in [5.74, 6) is 0. The number of rotatable bonds is 4. The number of benzene rings is 1. The summed E-state index contributed by atoms with van der Waals surface area (Å²) in [7, 11) is 0. The second-order valence-electron chi connectivity index (χ2n) is 3.09. The van der Waals surface area contributed by atoms with Gasteiger partial charge in [0.05, 0.1) is 6.07 Å². The Morgan fingerprint density at radius 1 is 1.50 bits per heavy atom. The molecule has 0 amide bonds. The van der Waals surface area contributed by atoms with Crippen molar-refractivity contribution in [3.05, 3.63) is 48.6 Å². The van der Waals surface area contributed by atoms with Crippen LogP contribution >= 0.6 is 0 Å². The molecular weight excluding hydrogens is 170 g/mol. The Bertz CT molecular complexity index is 382. The molecule has 0 aliphatic carbocycles. The summed E-state index contributed by atoms with van der Waals surface area (Å²) in [6.45, 7) is 7.66. The number of hydrogen-bond donors (Lipinski definition) is 0. The summed E-state index contributed by atoms with van der Waals surface area (Å²) in [5.41, 5.74) is 3.19. The third kappa shape index (κ3) is 2.60. The Hall–Kier alpha value is -1.81. The van der Waals surface area contributed by atoms with Gasteiger partial charge in [0.1, 0.15) is 0 Å². The Kier molecular flexibility index (Phi) is 3.69. The fraction of sp³-hybridized carbons (Fsp3) is 0.154. The quantitative estimate of drug-likeness (QED) is 0.699. The van der Waals surface area contributed by atoms with Gasteiger partial charge in [0.2, 0.25) is 0 Å². The summed E-state index contributed by atoms with van der Waals surface area (Å²) >= 11 is 0. The fourth-order valence-corrected chi connectivity index (χ4v) is 1.24. The van der Waals surface area contributed by atoms with Crippen LogP contribution in [0, 0.1) is 11.3 Å². The molecule has 0 aromatic heterocycles. The largest absolute Gasteiger partial charge is 0.198 e. The van der Waals surface area contributed by atoms with E-state index in [2.05, 4.69) is 19.2 Å². The first kappa shape index (κ1) is 10.3. The van der Waals surface area contributed by atoms with E-state index in [1.165, 1.54) is 0 Å². The van der Waals surface area contributed by atoms with Crippen LogP contribution in [-0.4, -0.2) is 0 Å². The van der Waals surface area contributed by atoms with Gasteiger partial charge >= 0.3 is 0 Å². The first-order valence-electron chi connectivity index (χ1n) is 4.55. The standard InChI is InChI=1S/C13H13N/c1-3-12-7-4-8-13(10-12)11(2)6-5-9-14/h3-4,7-8,10H,1-2,5-6H2. The van der Waals surface area contributed by atoms with Crippen LogP contribution in [-0.2, 0) is 0 Å². The minimum Gasteiger partial charge on any atom is -0.198 e.